The van der Waals surface area contributed by atoms with Gasteiger partial charge in [0, 0.05) is 28.2 Å². The van der Waals surface area contributed by atoms with Crippen molar-refractivity contribution in [2.45, 2.75) is 38.1 Å². The van der Waals surface area contributed by atoms with E-state index < -0.39 is 0 Å². The normalized spacial score (nSPS) is 19.2. The third-order valence-corrected chi connectivity index (χ3v) is 3.71. The minimum atomic E-state index is 0.00528. The summed E-state index contributed by atoms with van der Waals surface area (Å²) in [6.45, 7) is 1.07. The zero-order valence-electron chi connectivity index (χ0n) is 10.7. The average Bonchev–Trinajstić information content (AvgIpc) is 2.36. The molecule has 1 aromatic carbocycles. The van der Waals surface area contributed by atoms with E-state index in [4.69, 9.17) is 23.2 Å². The summed E-state index contributed by atoms with van der Waals surface area (Å²) < 4.78 is 0. The first-order valence-electron chi connectivity index (χ1n) is 6.63. The van der Waals surface area contributed by atoms with Crippen molar-refractivity contribution in [1.29, 1.82) is 0 Å². The highest BCUT2D eigenvalue weighted by Crippen LogP contribution is 2.22. The van der Waals surface area contributed by atoms with Gasteiger partial charge in [0.1, 0.15) is 0 Å². The maximum atomic E-state index is 11.9. The fraction of sp³-hybridized carbons (Fsp3) is 0.500. The number of piperidine rings is 1. The van der Waals surface area contributed by atoms with Crippen LogP contribution in [0, 0.1) is 0 Å². The number of rotatable bonds is 4. The van der Waals surface area contributed by atoms with Crippen molar-refractivity contribution >= 4 is 34.8 Å². The first-order chi connectivity index (χ1) is 9.13. The highest BCUT2D eigenvalue weighted by atomic mass is 35.5. The van der Waals surface area contributed by atoms with E-state index in [2.05, 4.69) is 10.6 Å². The van der Waals surface area contributed by atoms with Crippen LogP contribution in [0.15, 0.2) is 18.2 Å². The largest absolute Gasteiger partial charge is 0.326 e. The van der Waals surface area contributed by atoms with Crippen molar-refractivity contribution in [1.82, 2.24) is 5.32 Å². The molecule has 1 aliphatic rings. The fourth-order valence-electron chi connectivity index (χ4n) is 2.33. The van der Waals surface area contributed by atoms with Crippen molar-refractivity contribution in [3.8, 4) is 0 Å². The number of hydrogen-bond acceptors (Lipinski definition) is 2. The highest BCUT2D eigenvalue weighted by Gasteiger charge is 2.14. The van der Waals surface area contributed by atoms with Crippen LogP contribution in [-0.2, 0) is 4.79 Å². The van der Waals surface area contributed by atoms with Crippen molar-refractivity contribution in [2.75, 3.05) is 11.9 Å². The van der Waals surface area contributed by atoms with Gasteiger partial charge >= 0.3 is 0 Å². The zero-order valence-corrected chi connectivity index (χ0v) is 12.2. The maximum Gasteiger partial charge on any atom is 0.224 e. The minimum absolute atomic E-state index is 0.00528. The summed E-state index contributed by atoms with van der Waals surface area (Å²) in [6, 6.07) is 5.52. The number of nitrogens with one attached hydrogen (secondary N) is 2. The van der Waals surface area contributed by atoms with Crippen molar-refractivity contribution < 1.29 is 4.79 Å². The van der Waals surface area contributed by atoms with Crippen LogP contribution in [0.1, 0.15) is 32.1 Å². The summed E-state index contributed by atoms with van der Waals surface area (Å²) in [6.07, 6.45) is 5.05. The summed E-state index contributed by atoms with van der Waals surface area (Å²) in [5, 5.41) is 7.31. The van der Waals surface area contributed by atoms with E-state index in [1.54, 1.807) is 18.2 Å². The molecule has 1 atom stereocenters. The Hall–Kier alpha value is -0.770. The number of amides is 1. The molecule has 1 amide bonds. The molecule has 2 rings (SSSR count). The Morgan fingerprint density at radius 1 is 1.26 bits per heavy atom. The van der Waals surface area contributed by atoms with Crippen LogP contribution in [0.3, 0.4) is 0 Å². The molecule has 1 unspecified atom stereocenters. The van der Waals surface area contributed by atoms with Gasteiger partial charge < -0.3 is 10.6 Å². The number of anilines is 1. The van der Waals surface area contributed by atoms with E-state index in [9.17, 15) is 4.79 Å². The van der Waals surface area contributed by atoms with E-state index in [0.717, 1.165) is 19.4 Å². The molecule has 0 saturated carbocycles. The van der Waals surface area contributed by atoms with E-state index in [1.165, 1.54) is 12.8 Å². The Kier molecular flexibility index (Phi) is 5.49. The van der Waals surface area contributed by atoms with Gasteiger partial charge in [0.05, 0.1) is 0 Å². The molecule has 19 heavy (non-hydrogen) atoms. The molecule has 1 saturated heterocycles. The molecule has 2 N–H and O–H groups in total. The molecule has 104 valence electrons. The number of carbonyl (C=O) groups excluding carboxylic acids is 1. The van der Waals surface area contributed by atoms with Gasteiger partial charge in [-0.1, -0.05) is 29.6 Å². The van der Waals surface area contributed by atoms with E-state index in [0.29, 0.717) is 28.2 Å². The molecule has 1 aromatic rings. The summed E-state index contributed by atoms with van der Waals surface area (Å²) in [4.78, 5) is 11.9. The topological polar surface area (TPSA) is 41.1 Å². The molecule has 1 heterocycles. The lowest BCUT2D eigenvalue weighted by atomic mass is 10.0. The molecule has 5 heteroatoms. The molecular formula is C14H18Cl2N2O. The van der Waals surface area contributed by atoms with Crippen LogP contribution in [0.5, 0.6) is 0 Å². The van der Waals surface area contributed by atoms with Gasteiger partial charge in [-0.2, -0.15) is 0 Å². The van der Waals surface area contributed by atoms with Gasteiger partial charge in [0.2, 0.25) is 5.91 Å². The van der Waals surface area contributed by atoms with Gasteiger partial charge in [-0.3, -0.25) is 4.79 Å². The quantitative estimate of drug-likeness (QED) is 0.886. The van der Waals surface area contributed by atoms with Crippen molar-refractivity contribution in [3.05, 3.63) is 28.2 Å². The minimum Gasteiger partial charge on any atom is -0.326 e. The summed E-state index contributed by atoms with van der Waals surface area (Å²) in [7, 11) is 0. The van der Waals surface area contributed by atoms with Crippen molar-refractivity contribution in [3.63, 3.8) is 0 Å². The van der Waals surface area contributed by atoms with Gasteiger partial charge in [0.25, 0.3) is 0 Å². The predicted octanol–water partition coefficient (Wildman–Crippen LogP) is 3.85. The van der Waals surface area contributed by atoms with Gasteiger partial charge in [-0.05, 0) is 44.0 Å². The van der Waals surface area contributed by atoms with E-state index in [1.807, 2.05) is 0 Å². The van der Waals surface area contributed by atoms with Gasteiger partial charge in [-0.15, -0.1) is 0 Å². The number of halogens is 2. The number of carbonyl (C=O) groups is 1. The lowest BCUT2D eigenvalue weighted by Gasteiger charge is -2.23. The molecule has 0 aromatic heterocycles. The maximum absolute atomic E-state index is 11.9. The summed E-state index contributed by atoms with van der Waals surface area (Å²) in [5.41, 5.74) is 0.652. The smallest absolute Gasteiger partial charge is 0.224 e. The second kappa shape index (κ2) is 7.13. The van der Waals surface area contributed by atoms with E-state index in [-0.39, 0.29) is 5.91 Å². The SMILES string of the molecule is O=C(CCC1CCCCN1)Nc1cc(Cl)cc(Cl)c1. The Labute approximate surface area is 123 Å². The second-order valence-corrected chi connectivity index (χ2v) is 5.76. The molecule has 0 radical (unpaired) electrons. The third kappa shape index (κ3) is 5.01. The van der Waals surface area contributed by atoms with Crippen LogP contribution in [0.2, 0.25) is 10.0 Å². The van der Waals surface area contributed by atoms with Crippen LogP contribution < -0.4 is 10.6 Å². The van der Waals surface area contributed by atoms with Crippen LogP contribution in [-0.4, -0.2) is 18.5 Å². The molecule has 3 nitrogen and oxygen atoms in total. The summed E-state index contributed by atoms with van der Waals surface area (Å²) >= 11 is 11.8. The molecule has 1 aliphatic heterocycles. The lowest BCUT2D eigenvalue weighted by Crippen LogP contribution is -2.34. The van der Waals surface area contributed by atoms with Gasteiger partial charge in [-0.25, -0.2) is 0 Å². The van der Waals surface area contributed by atoms with Crippen molar-refractivity contribution in [2.24, 2.45) is 0 Å². The molecule has 0 spiro atoms. The fourth-order valence-corrected chi connectivity index (χ4v) is 2.85. The standard InChI is InChI=1S/C14H18Cl2N2O/c15-10-7-11(16)9-13(8-10)18-14(19)5-4-12-3-1-2-6-17-12/h7-9,12,17H,1-6H2,(H,18,19). The number of benzene rings is 1. The molecular weight excluding hydrogens is 283 g/mol. The van der Waals surface area contributed by atoms with Crippen LogP contribution in [0.25, 0.3) is 0 Å². The Morgan fingerprint density at radius 3 is 2.63 bits per heavy atom. The van der Waals surface area contributed by atoms with Crippen LogP contribution >= 0.6 is 23.2 Å². The first-order valence-corrected chi connectivity index (χ1v) is 7.38. The van der Waals surface area contributed by atoms with E-state index >= 15 is 0 Å². The predicted molar refractivity (Wildman–Crippen MR) is 80.0 cm³/mol. The lowest BCUT2D eigenvalue weighted by molar-refractivity contribution is -0.116. The third-order valence-electron chi connectivity index (χ3n) is 3.28. The zero-order chi connectivity index (χ0) is 13.7. The van der Waals surface area contributed by atoms with Gasteiger partial charge in [0.15, 0.2) is 0 Å². The monoisotopic (exact) mass is 300 g/mol. The Balaban J connectivity index is 1.80. The molecule has 0 aliphatic carbocycles. The summed E-state index contributed by atoms with van der Waals surface area (Å²) in [5.74, 6) is 0.00528. The second-order valence-electron chi connectivity index (χ2n) is 4.89. The average molecular weight is 301 g/mol. The van der Waals surface area contributed by atoms with Crippen LogP contribution in [0.4, 0.5) is 5.69 Å². The Morgan fingerprint density at radius 2 is 2.00 bits per heavy atom. The molecule has 1 fully saturated rings. The number of hydrogen-bond donors (Lipinski definition) is 2. The highest BCUT2D eigenvalue weighted by molar-refractivity contribution is 6.35. The first kappa shape index (κ1) is 14.6. The molecule has 0 bridgehead atoms. The Bertz CT molecular complexity index is 425.